The molecule has 8 heteroatoms. The van der Waals surface area contributed by atoms with Gasteiger partial charge in [0.1, 0.15) is 5.82 Å². The molecular formula is C16H25Cl3N4O. The smallest absolute Gasteiger partial charge is 0.220 e. The number of anilines is 1. The molecule has 2 saturated heterocycles. The Balaban J connectivity index is 0.00000144. The average Bonchev–Trinajstić information content (AvgIpc) is 3.17. The van der Waals surface area contributed by atoms with Crippen molar-refractivity contribution in [2.24, 2.45) is 5.92 Å². The summed E-state index contributed by atoms with van der Waals surface area (Å²) in [7, 11) is 0. The predicted molar refractivity (Wildman–Crippen MR) is 103 cm³/mol. The van der Waals surface area contributed by atoms with Gasteiger partial charge in [0.15, 0.2) is 0 Å². The van der Waals surface area contributed by atoms with Gasteiger partial charge in [0, 0.05) is 31.7 Å². The third-order valence-electron chi connectivity index (χ3n) is 4.53. The van der Waals surface area contributed by atoms with Crippen LogP contribution in [0.15, 0.2) is 18.3 Å². The SMILES string of the molecule is Cl.Cl.O=C(CCC1CCNC1)NC1CCN(c2ncccc2Cl)C1. The Morgan fingerprint density at radius 1 is 1.42 bits per heavy atom. The van der Waals surface area contributed by atoms with Gasteiger partial charge in [0.2, 0.25) is 5.91 Å². The molecule has 2 atom stereocenters. The summed E-state index contributed by atoms with van der Waals surface area (Å²) < 4.78 is 0. The van der Waals surface area contributed by atoms with E-state index in [1.54, 1.807) is 6.20 Å². The Morgan fingerprint density at radius 3 is 2.96 bits per heavy atom. The van der Waals surface area contributed by atoms with E-state index in [0.29, 0.717) is 17.4 Å². The van der Waals surface area contributed by atoms with Gasteiger partial charge in [-0.15, -0.1) is 24.8 Å². The van der Waals surface area contributed by atoms with Gasteiger partial charge in [0.25, 0.3) is 0 Å². The fraction of sp³-hybridized carbons (Fsp3) is 0.625. The molecule has 2 fully saturated rings. The monoisotopic (exact) mass is 394 g/mol. The van der Waals surface area contributed by atoms with Gasteiger partial charge < -0.3 is 15.5 Å². The maximum atomic E-state index is 12.1. The highest BCUT2D eigenvalue weighted by atomic mass is 35.5. The molecule has 0 spiro atoms. The lowest BCUT2D eigenvalue weighted by Crippen LogP contribution is -2.37. The normalized spacial score (nSPS) is 22.6. The molecule has 0 aliphatic carbocycles. The van der Waals surface area contributed by atoms with Crippen molar-refractivity contribution in [3.8, 4) is 0 Å². The number of carbonyl (C=O) groups excluding carboxylic acids is 1. The van der Waals surface area contributed by atoms with Crippen LogP contribution >= 0.6 is 36.4 Å². The molecular weight excluding hydrogens is 371 g/mol. The van der Waals surface area contributed by atoms with Crippen LogP contribution in [0.3, 0.4) is 0 Å². The van der Waals surface area contributed by atoms with Crippen molar-refractivity contribution in [1.82, 2.24) is 15.6 Å². The molecule has 2 aliphatic rings. The molecule has 2 unspecified atom stereocenters. The lowest BCUT2D eigenvalue weighted by atomic mass is 10.0. The number of nitrogens with one attached hydrogen (secondary N) is 2. The van der Waals surface area contributed by atoms with Crippen LogP contribution in [0.5, 0.6) is 0 Å². The fourth-order valence-corrected chi connectivity index (χ4v) is 3.52. The number of rotatable bonds is 5. The van der Waals surface area contributed by atoms with E-state index in [4.69, 9.17) is 11.6 Å². The van der Waals surface area contributed by atoms with Crippen molar-refractivity contribution < 1.29 is 4.79 Å². The number of amides is 1. The molecule has 5 nitrogen and oxygen atoms in total. The second kappa shape index (κ2) is 10.3. The van der Waals surface area contributed by atoms with Crippen molar-refractivity contribution in [3.63, 3.8) is 0 Å². The highest BCUT2D eigenvalue weighted by Gasteiger charge is 2.26. The summed E-state index contributed by atoms with van der Waals surface area (Å²) in [6, 6.07) is 3.89. The van der Waals surface area contributed by atoms with Gasteiger partial charge in [-0.1, -0.05) is 11.6 Å². The first-order valence-corrected chi connectivity index (χ1v) is 8.45. The maximum absolute atomic E-state index is 12.1. The molecule has 136 valence electrons. The lowest BCUT2D eigenvalue weighted by molar-refractivity contribution is -0.121. The largest absolute Gasteiger partial charge is 0.353 e. The van der Waals surface area contributed by atoms with Crippen LogP contribution in [0.2, 0.25) is 5.02 Å². The molecule has 3 rings (SSSR count). The molecule has 1 aromatic rings. The van der Waals surface area contributed by atoms with Crippen molar-refractivity contribution in [2.75, 3.05) is 31.1 Å². The van der Waals surface area contributed by atoms with E-state index in [1.165, 1.54) is 6.42 Å². The number of carbonyl (C=O) groups is 1. The summed E-state index contributed by atoms with van der Waals surface area (Å²) in [5, 5.41) is 7.16. The summed E-state index contributed by atoms with van der Waals surface area (Å²) in [4.78, 5) is 18.6. The zero-order chi connectivity index (χ0) is 15.4. The molecule has 2 N–H and O–H groups in total. The number of nitrogens with zero attached hydrogens (tertiary/aromatic N) is 2. The molecule has 1 aromatic heterocycles. The van der Waals surface area contributed by atoms with Crippen LogP contribution in [0, 0.1) is 5.92 Å². The van der Waals surface area contributed by atoms with Crippen LogP contribution in [0.1, 0.15) is 25.7 Å². The van der Waals surface area contributed by atoms with E-state index < -0.39 is 0 Å². The van der Waals surface area contributed by atoms with Gasteiger partial charge in [0.05, 0.1) is 5.02 Å². The topological polar surface area (TPSA) is 57.3 Å². The second-order valence-electron chi connectivity index (χ2n) is 6.21. The molecule has 0 aromatic carbocycles. The van der Waals surface area contributed by atoms with E-state index in [-0.39, 0.29) is 36.8 Å². The Kier molecular flexibility index (Phi) is 9.13. The van der Waals surface area contributed by atoms with Crippen molar-refractivity contribution in [3.05, 3.63) is 23.4 Å². The molecule has 24 heavy (non-hydrogen) atoms. The third kappa shape index (κ3) is 5.66. The Labute approximate surface area is 160 Å². The van der Waals surface area contributed by atoms with Crippen molar-refractivity contribution >= 4 is 48.1 Å². The highest BCUT2D eigenvalue weighted by Crippen LogP contribution is 2.25. The zero-order valence-electron chi connectivity index (χ0n) is 13.5. The van der Waals surface area contributed by atoms with Crippen LogP contribution < -0.4 is 15.5 Å². The summed E-state index contributed by atoms with van der Waals surface area (Å²) in [5.74, 6) is 1.65. The molecule has 0 radical (unpaired) electrons. The second-order valence-corrected chi connectivity index (χ2v) is 6.61. The maximum Gasteiger partial charge on any atom is 0.220 e. The summed E-state index contributed by atoms with van der Waals surface area (Å²) in [6.07, 6.45) is 5.52. The Hall–Kier alpha value is -0.750. The van der Waals surface area contributed by atoms with Gasteiger partial charge in [-0.2, -0.15) is 0 Å². The minimum absolute atomic E-state index is 0. The van der Waals surface area contributed by atoms with Gasteiger partial charge in [-0.3, -0.25) is 4.79 Å². The van der Waals surface area contributed by atoms with Crippen LogP contribution in [-0.4, -0.2) is 43.1 Å². The first-order valence-electron chi connectivity index (χ1n) is 8.08. The number of pyridine rings is 1. The number of hydrogen-bond acceptors (Lipinski definition) is 4. The Bertz CT molecular complexity index is 526. The van der Waals surface area contributed by atoms with Gasteiger partial charge in [-0.25, -0.2) is 4.98 Å². The van der Waals surface area contributed by atoms with Crippen LogP contribution in [-0.2, 0) is 4.79 Å². The van der Waals surface area contributed by atoms with Crippen molar-refractivity contribution in [2.45, 2.75) is 31.7 Å². The molecule has 0 saturated carbocycles. The average molecular weight is 396 g/mol. The van der Waals surface area contributed by atoms with E-state index in [9.17, 15) is 4.79 Å². The molecule has 3 heterocycles. The standard InChI is InChI=1S/C16H23ClN4O.2ClH/c17-14-2-1-7-19-16(14)21-9-6-13(11-21)20-15(22)4-3-12-5-8-18-10-12;;/h1-2,7,12-13,18H,3-6,8-11H2,(H,20,22);2*1H. The first kappa shape index (κ1) is 21.3. The molecule has 0 bridgehead atoms. The fourth-order valence-electron chi connectivity index (χ4n) is 3.28. The number of halogens is 3. The van der Waals surface area contributed by atoms with Crippen LogP contribution in [0.4, 0.5) is 5.82 Å². The van der Waals surface area contributed by atoms with Crippen molar-refractivity contribution in [1.29, 1.82) is 0 Å². The first-order chi connectivity index (χ1) is 10.7. The third-order valence-corrected chi connectivity index (χ3v) is 4.83. The Morgan fingerprint density at radius 2 is 2.25 bits per heavy atom. The van der Waals surface area contributed by atoms with E-state index >= 15 is 0 Å². The summed E-state index contributed by atoms with van der Waals surface area (Å²) in [5.41, 5.74) is 0. The van der Waals surface area contributed by atoms with E-state index in [2.05, 4.69) is 20.5 Å². The van der Waals surface area contributed by atoms with Gasteiger partial charge in [-0.05, 0) is 50.4 Å². The van der Waals surface area contributed by atoms with Gasteiger partial charge >= 0.3 is 0 Å². The number of aromatic nitrogens is 1. The van der Waals surface area contributed by atoms with E-state index in [0.717, 1.165) is 44.8 Å². The minimum atomic E-state index is 0. The van der Waals surface area contributed by atoms with E-state index in [1.807, 2.05) is 12.1 Å². The predicted octanol–water partition coefficient (Wildman–Crippen LogP) is 2.66. The number of hydrogen-bond donors (Lipinski definition) is 2. The minimum Gasteiger partial charge on any atom is -0.353 e. The van der Waals surface area contributed by atoms with Crippen LogP contribution in [0.25, 0.3) is 0 Å². The molecule has 2 aliphatic heterocycles. The quantitative estimate of drug-likeness (QED) is 0.805. The highest BCUT2D eigenvalue weighted by molar-refractivity contribution is 6.32. The molecule has 1 amide bonds. The summed E-state index contributed by atoms with van der Waals surface area (Å²) in [6.45, 7) is 3.82. The zero-order valence-corrected chi connectivity index (χ0v) is 15.9. The lowest BCUT2D eigenvalue weighted by Gasteiger charge is -2.19. The summed E-state index contributed by atoms with van der Waals surface area (Å²) >= 11 is 6.18.